The minimum Gasteiger partial charge on any atom is -0.467 e. The third kappa shape index (κ3) is 5.14. The van der Waals surface area contributed by atoms with Crippen molar-refractivity contribution in [2.45, 2.75) is 15.8 Å². The van der Waals surface area contributed by atoms with Crippen molar-refractivity contribution >= 4 is 61.3 Å². The highest BCUT2D eigenvalue weighted by atomic mass is 35.5. The van der Waals surface area contributed by atoms with Gasteiger partial charge < -0.3 is 9.73 Å². The van der Waals surface area contributed by atoms with Gasteiger partial charge in [0.05, 0.1) is 28.5 Å². The van der Waals surface area contributed by atoms with Crippen LogP contribution in [-0.4, -0.2) is 30.1 Å². The number of nitrogens with one attached hydrogen (secondary N) is 1. The van der Waals surface area contributed by atoms with Crippen LogP contribution in [-0.2, 0) is 16.4 Å². The molecule has 0 aliphatic carbocycles. The Morgan fingerprint density at radius 1 is 1.23 bits per heavy atom. The summed E-state index contributed by atoms with van der Waals surface area (Å²) in [7, 11) is -3.53. The van der Waals surface area contributed by atoms with E-state index in [1.807, 2.05) is 12.1 Å². The van der Waals surface area contributed by atoms with Crippen LogP contribution in [0.2, 0.25) is 10.0 Å². The van der Waals surface area contributed by atoms with Crippen molar-refractivity contribution in [1.29, 1.82) is 0 Å². The highest BCUT2D eigenvalue weighted by Crippen LogP contribution is 2.29. The first-order valence-corrected chi connectivity index (χ1v) is 11.6. The summed E-state index contributed by atoms with van der Waals surface area (Å²) < 4.78 is 30.8. The summed E-state index contributed by atoms with van der Waals surface area (Å²) in [6.07, 6.45) is 1.60. The average Bonchev–Trinajstić information content (AvgIpc) is 3.26. The van der Waals surface area contributed by atoms with E-state index in [1.165, 1.54) is 35.2 Å². The van der Waals surface area contributed by atoms with E-state index in [0.717, 1.165) is 5.76 Å². The molecular formula is C15H13Cl2N3O3S3. The Morgan fingerprint density at radius 3 is 2.85 bits per heavy atom. The standard InChI is InChI=1S/C15H13Cl2N3O3S3/c16-10-3-4-12(17)13(8-10)26(21,22)7-6-24-15-20-19-14(25-15)18-9-11-2-1-5-23-11/h1-5,8H,6-7,9H2,(H,18,19). The molecule has 26 heavy (non-hydrogen) atoms. The number of nitrogens with zero attached hydrogens (tertiary/aromatic N) is 2. The van der Waals surface area contributed by atoms with Crippen molar-refractivity contribution in [1.82, 2.24) is 10.2 Å². The first kappa shape index (κ1) is 19.5. The quantitative estimate of drug-likeness (QED) is 0.502. The van der Waals surface area contributed by atoms with E-state index in [2.05, 4.69) is 15.5 Å². The predicted octanol–water partition coefficient (Wildman–Crippen LogP) is 4.62. The van der Waals surface area contributed by atoms with Gasteiger partial charge in [-0.25, -0.2) is 8.42 Å². The molecule has 3 rings (SSSR count). The van der Waals surface area contributed by atoms with E-state index in [9.17, 15) is 8.42 Å². The summed E-state index contributed by atoms with van der Waals surface area (Å²) >= 11 is 14.5. The fourth-order valence-corrected chi connectivity index (χ4v) is 6.26. The highest BCUT2D eigenvalue weighted by Gasteiger charge is 2.19. The lowest BCUT2D eigenvalue weighted by atomic mass is 10.4. The smallest absolute Gasteiger partial charge is 0.206 e. The van der Waals surface area contributed by atoms with Gasteiger partial charge in [0.2, 0.25) is 5.13 Å². The van der Waals surface area contributed by atoms with E-state index in [-0.39, 0.29) is 15.7 Å². The number of anilines is 1. The number of aromatic nitrogens is 2. The molecule has 0 aliphatic rings. The number of sulfone groups is 1. The largest absolute Gasteiger partial charge is 0.467 e. The summed E-state index contributed by atoms with van der Waals surface area (Å²) in [5, 5.41) is 12.3. The molecule has 0 saturated heterocycles. The van der Waals surface area contributed by atoms with Crippen LogP contribution in [0, 0.1) is 0 Å². The molecule has 11 heteroatoms. The molecule has 0 fully saturated rings. The summed E-state index contributed by atoms with van der Waals surface area (Å²) in [5.41, 5.74) is 0. The van der Waals surface area contributed by atoms with Crippen molar-refractivity contribution in [2.75, 3.05) is 16.8 Å². The summed E-state index contributed by atoms with van der Waals surface area (Å²) in [6.45, 7) is 0.508. The maximum absolute atomic E-state index is 12.4. The number of halogens is 2. The molecule has 3 aromatic rings. The molecule has 0 amide bonds. The summed E-state index contributed by atoms with van der Waals surface area (Å²) in [4.78, 5) is 0.0466. The fraction of sp³-hybridized carbons (Fsp3) is 0.200. The molecule has 0 bridgehead atoms. The molecule has 138 valence electrons. The van der Waals surface area contributed by atoms with Gasteiger partial charge in [-0.1, -0.05) is 46.3 Å². The van der Waals surface area contributed by atoms with Gasteiger partial charge in [0, 0.05) is 10.8 Å². The van der Waals surface area contributed by atoms with E-state index < -0.39 is 9.84 Å². The van der Waals surface area contributed by atoms with E-state index in [0.29, 0.717) is 26.8 Å². The minimum absolute atomic E-state index is 0.0466. The van der Waals surface area contributed by atoms with Gasteiger partial charge in [-0.15, -0.1) is 10.2 Å². The second-order valence-electron chi connectivity index (χ2n) is 5.05. The minimum atomic E-state index is -3.53. The molecule has 0 saturated carbocycles. The van der Waals surface area contributed by atoms with Crippen LogP contribution in [0.3, 0.4) is 0 Å². The normalized spacial score (nSPS) is 11.6. The molecule has 1 N–H and O–H groups in total. The Hall–Kier alpha value is -1.26. The molecule has 0 unspecified atom stereocenters. The zero-order valence-electron chi connectivity index (χ0n) is 13.2. The van der Waals surface area contributed by atoms with Gasteiger partial charge in [0.1, 0.15) is 5.76 Å². The van der Waals surface area contributed by atoms with Crippen LogP contribution in [0.4, 0.5) is 5.13 Å². The van der Waals surface area contributed by atoms with Gasteiger partial charge in [0.15, 0.2) is 14.2 Å². The second kappa shape index (κ2) is 8.62. The Balaban J connectivity index is 1.53. The topological polar surface area (TPSA) is 85.1 Å². The lowest BCUT2D eigenvalue weighted by Gasteiger charge is -2.06. The maximum atomic E-state index is 12.4. The molecule has 2 heterocycles. The fourth-order valence-electron chi connectivity index (χ4n) is 1.98. The van der Waals surface area contributed by atoms with E-state index in [4.69, 9.17) is 27.6 Å². The van der Waals surface area contributed by atoms with E-state index in [1.54, 1.807) is 12.3 Å². The molecular weight excluding hydrogens is 437 g/mol. The van der Waals surface area contributed by atoms with Gasteiger partial charge in [0.25, 0.3) is 0 Å². The summed E-state index contributed by atoms with van der Waals surface area (Å²) in [6, 6.07) is 8.06. The third-order valence-corrected chi connectivity index (χ3v) is 7.91. The van der Waals surface area contributed by atoms with Crippen molar-refractivity contribution < 1.29 is 12.8 Å². The average molecular weight is 450 g/mol. The Morgan fingerprint density at radius 2 is 2.08 bits per heavy atom. The first-order valence-electron chi connectivity index (χ1n) is 7.34. The van der Waals surface area contributed by atoms with Crippen molar-refractivity contribution in [3.05, 3.63) is 52.4 Å². The van der Waals surface area contributed by atoms with E-state index >= 15 is 0 Å². The monoisotopic (exact) mass is 449 g/mol. The van der Waals surface area contributed by atoms with Crippen LogP contribution < -0.4 is 5.32 Å². The van der Waals surface area contributed by atoms with Crippen LogP contribution in [0.1, 0.15) is 5.76 Å². The van der Waals surface area contributed by atoms with Gasteiger partial charge in [-0.3, -0.25) is 0 Å². The summed E-state index contributed by atoms with van der Waals surface area (Å²) in [5.74, 6) is 1.05. The SMILES string of the molecule is O=S(=O)(CCSc1nnc(NCc2ccco2)s1)c1cc(Cl)ccc1Cl. The molecule has 0 spiro atoms. The predicted molar refractivity (Wildman–Crippen MR) is 105 cm³/mol. The highest BCUT2D eigenvalue weighted by molar-refractivity contribution is 8.02. The Bertz CT molecular complexity index is 975. The lowest BCUT2D eigenvalue weighted by molar-refractivity contribution is 0.518. The van der Waals surface area contributed by atoms with Crippen LogP contribution in [0.15, 0.2) is 50.2 Å². The molecule has 1 aromatic carbocycles. The van der Waals surface area contributed by atoms with Crippen molar-refractivity contribution in [3.8, 4) is 0 Å². The molecule has 2 aromatic heterocycles. The van der Waals surface area contributed by atoms with Crippen LogP contribution in [0.5, 0.6) is 0 Å². The zero-order chi connectivity index (χ0) is 18.6. The lowest BCUT2D eigenvalue weighted by Crippen LogP contribution is -2.09. The van der Waals surface area contributed by atoms with Crippen molar-refractivity contribution in [2.24, 2.45) is 0 Å². The maximum Gasteiger partial charge on any atom is 0.206 e. The van der Waals surface area contributed by atoms with Crippen LogP contribution in [0.25, 0.3) is 0 Å². The zero-order valence-corrected chi connectivity index (χ0v) is 17.1. The molecule has 6 nitrogen and oxygen atoms in total. The van der Waals surface area contributed by atoms with Crippen molar-refractivity contribution in [3.63, 3.8) is 0 Å². The second-order valence-corrected chi connectivity index (χ2v) is 10.3. The molecule has 0 aliphatic heterocycles. The third-order valence-electron chi connectivity index (χ3n) is 3.21. The number of furan rings is 1. The molecule has 0 atom stereocenters. The Kier molecular flexibility index (Phi) is 6.46. The number of thioether (sulfide) groups is 1. The van der Waals surface area contributed by atoms with Gasteiger partial charge in [-0.05, 0) is 30.3 Å². The number of benzene rings is 1. The number of rotatable bonds is 8. The number of hydrogen-bond donors (Lipinski definition) is 1. The Labute approximate surface area is 168 Å². The first-order chi connectivity index (χ1) is 12.4. The number of hydrogen-bond acceptors (Lipinski definition) is 8. The molecule has 0 radical (unpaired) electrons. The van der Waals surface area contributed by atoms with Crippen LogP contribution >= 0.6 is 46.3 Å². The van der Waals surface area contributed by atoms with Gasteiger partial charge >= 0.3 is 0 Å². The van der Waals surface area contributed by atoms with Gasteiger partial charge in [-0.2, -0.15) is 0 Å².